The lowest BCUT2D eigenvalue weighted by Gasteiger charge is -2.43. The van der Waals surface area contributed by atoms with Gasteiger partial charge in [0.05, 0.1) is 25.7 Å². The van der Waals surface area contributed by atoms with Crippen molar-refractivity contribution in [3.63, 3.8) is 0 Å². The molecular formula is C16H29NO4. The molecule has 5 heteroatoms. The second-order valence-corrected chi connectivity index (χ2v) is 6.24. The molecule has 1 aliphatic heterocycles. The first-order chi connectivity index (χ1) is 10.2. The number of carbonyl (C=O) groups is 1. The summed E-state index contributed by atoms with van der Waals surface area (Å²) >= 11 is 0. The van der Waals surface area contributed by atoms with E-state index >= 15 is 0 Å². The van der Waals surface area contributed by atoms with Gasteiger partial charge in [-0.3, -0.25) is 9.69 Å². The van der Waals surface area contributed by atoms with Crippen molar-refractivity contribution in [2.24, 2.45) is 0 Å². The molecule has 122 valence electrons. The van der Waals surface area contributed by atoms with Crippen molar-refractivity contribution in [2.45, 2.75) is 56.6 Å². The fourth-order valence-corrected chi connectivity index (χ4v) is 3.70. The molecule has 0 aromatic carbocycles. The minimum absolute atomic E-state index is 0.111. The summed E-state index contributed by atoms with van der Waals surface area (Å²) < 4.78 is 16.1. The SMILES string of the molecule is COCCN(CCC(=O)OC)C1CCOC2(CCCC2)C1. The molecule has 0 bridgehead atoms. The first-order valence-electron chi connectivity index (χ1n) is 8.13. The molecule has 0 aromatic heterocycles. The van der Waals surface area contributed by atoms with E-state index in [1.165, 1.54) is 32.8 Å². The van der Waals surface area contributed by atoms with Crippen molar-refractivity contribution in [1.29, 1.82) is 0 Å². The van der Waals surface area contributed by atoms with Gasteiger partial charge in [-0.05, 0) is 25.7 Å². The predicted octanol–water partition coefficient (Wildman–Crippen LogP) is 1.99. The fraction of sp³-hybridized carbons (Fsp3) is 0.938. The molecule has 1 unspecified atom stereocenters. The minimum Gasteiger partial charge on any atom is -0.469 e. The molecule has 1 saturated heterocycles. The van der Waals surface area contributed by atoms with Crippen LogP contribution in [-0.4, -0.2) is 63.0 Å². The Morgan fingerprint density at radius 1 is 1.29 bits per heavy atom. The maximum Gasteiger partial charge on any atom is 0.306 e. The van der Waals surface area contributed by atoms with Crippen molar-refractivity contribution in [2.75, 3.05) is 40.5 Å². The predicted molar refractivity (Wildman–Crippen MR) is 80.3 cm³/mol. The molecule has 1 aliphatic carbocycles. The van der Waals surface area contributed by atoms with Crippen LogP contribution in [0.5, 0.6) is 0 Å². The number of methoxy groups -OCH3 is 2. The van der Waals surface area contributed by atoms with E-state index < -0.39 is 0 Å². The second kappa shape index (κ2) is 8.11. The van der Waals surface area contributed by atoms with Gasteiger partial charge in [-0.25, -0.2) is 0 Å². The molecule has 2 rings (SSSR count). The number of hydrogen-bond acceptors (Lipinski definition) is 5. The molecular weight excluding hydrogens is 270 g/mol. The number of hydrogen-bond donors (Lipinski definition) is 0. The van der Waals surface area contributed by atoms with Gasteiger partial charge in [0.2, 0.25) is 0 Å². The summed E-state index contributed by atoms with van der Waals surface area (Å²) in [6.45, 7) is 3.16. The Morgan fingerprint density at radius 3 is 2.71 bits per heavy atom. The van der Waals surface area contributed by atoms with E-state index in [1.807, 2.05) is 0 Å². The van der Waals surface area contributed by atoms with Crippen molar-refractivity contribution >= 4 is 5.97 Å². The summed E-state index contributed by atoms with van der Waals surface area (Å²) in [6.07, 6.45) is 7.55. The highest BCUT2D eigenvalue weighted by Gasteiger charge is 2.41. The third-order valence-corrected chi connectivity index (χ3v) is 4.91. The molecule has 0 aromatic rings. The quantitative estimate of drug-likeness (QED) is 0.673. The lowest BCUT2D eigenvalue weighted by Crippen LogP contribution is -2.49. The Balaban J connectivity index is 1.92. The van der Waals surface area contributed by atoms with Gasteiger partial charge in [0.15, 0.2) is 0 Å². The zero-order chi connectivity index (χ0) is 15.1. The molecule has 5 nitrogen and oxygen atoms in total. The Hall–Kier alpha value is -0.650. The molecule has 0 radical (unpaired) electrons. The van der Waals surface area contributed by atoms with Crippen LogP contribution < -0.4 is 0 Å². The first kappa shape index (κ1) is 16.7. The van der Waals surface area contributed by atoms with E-state index in [0.717, 1.165) is 32.5 Å². The van der Waals surface area contributed by atoms with Crippen LogP contribution in [0.25, 0.3) is 0 Å². The van der Waals surface area contributed by atoms with Crippen molar-refractivity contribution in [3.8, 4) is 0 Å². The summed E-state index contributed by atoms with van der Waals surface area (Å²) in [4.78, 5) is 13.8. The highest BCUT2D eigenvalue weighted by molar-refractivity contribution is 5.69. The Kier molecular flexibility index (Phi) is 6.45. The monoisotopic (exact) mass is 299 g/mol. The van der Waals surface area contributed by atoms with Gasteiger partial charge in [0.25, 0.3) is 0 Å². The third kappa shape index (κ3) is 4.66. The molecule has 1 saturated carbocycles. The summed E-state index contributed by atoms with van der Waals surface area (Å²) in [5, 5.41) is 0. The Labute approximate surface area is 127 Å². The molecule has 1 spiro atoms. The summed E-state index contributed by atoms with van der Waals surface area (Å²) in [6, 6.07) is 0.497. The van der Waals surface area contributed by atoms with Crippen LogP contribution in [0.4, 0.5) is 0 Å². The van der Waals surface area contributed by atoms with Crippen molar-refractivity contribution in [3.05, 3.63) is 0 Å². The molecule has 0 amide bonds. The van der Waals surface area contributed by atoms with Gasteiger partial charge in [0.1, 0.15) is 0 Å². The van der Waals surface area contributed by atoms with Crippen LogP contribution in [0.3, 0.4) is 0 Å². The van der Waals surface area contributed by atoms with Crippen molar-refractivity contribution in [1.82, 2.24) is 4.90 Å². The third-order valence-electron chi connectivity index (χ3n) is 4.91. The van der Waals surface area contributed by atoms with Gasteiger partial charge in [-0.1, -0.05) is 12.8 Å². The molecule has 1 atom stereocenters. The van der Waals surface area contributed by atoms with Crippen LogP contribution in [0.2, 0.25) is 0 Å². The lowest BCUT2D eigenvalue weighted by molar-refractivity contribution is -0.141. The highest BCUT2D eigenvalue weighted by atomic mass is 16.5. The van der Waals surface area contributed by atoms with Crippen LogP contribution in [-0.2, 0) is 19.0 Å². The maximum atomic E-state index is 11.4. The van der Waals surface area contributed by atoms with Gasteiger partial charge in [-0.15, -0.1) is 0 Å². The summed E-state index contributed by atoms with van der Waals surface area (Å²) in [5.74, 6) is -0.139. The summed E-state index contributed by atoms with van der Waals surface area (Å²) in [5.41, 5.74) is 0.111. The van der Waals surface area contributed by atoms with Crippen LogP contribution in [0.1, 0.15) is 44.9 Å². The van der Waals surface area contributed by atoms with E-state index in [0.29, 0.717) is 19.1 Å². The highest BCUT2D eigenvalue weighted by Crippen LogP contribution is 2.41. The van der Waals surface area contributed by atoms with E-state index in [4.69, 9.17) is 14.2 Å². The minimum atomic E-state index is -0.139. The average molecular weight is 299 g/mol. The van der Waals surface area contributed by atoms with Crippen LogP contribution in [0.15, 0.2) is 0 Å². The zero-order valence-electron chi connectivity index (χ0n) is 13.4. The topological polar surface area (TPSA) is 48.0 Å². The number of esters is 1. The molecule has 1 heterocycles. The van der Waals surface area contributed by atoms with Gasteiger partial charge in [-0.2, -0.15) is 0 Å². The number of rotatable bonds is 7. The molecule has 21 heavy (non-hydrogen) atoms. The smallest absolute Gasteiger partial charge is 0.306 e. The Morgan fingerprint density at radius 2 is 2.05 bits per heavy atom. The van der Waals surface area contributed by atoms with E-state index in [-0.39, 0.29) is 11.6 Å². The van der Waals surface area contributed by atoms with E-state index in [9.17, 15) is 4.79 Å². The maximum absolute atomic E-state index is 11.4. The summed E-state index contributed by atoms with van der Waals surface area (Å²) in [7, 11) is 3.17. The van der Waals surface area contributed by atoms with Crippen LogP contribution in [0, 0.1) is 0 Å². The first-order valence-corrected chi connectivity index (χ1v) is 8.13. The number of ether oxygens (including phenoxy) is 3. The molecule has 0 N–H and O–H groups in total. The zero-order valence-corrected chi connectivity index (χ0v) is 13.4. The largest absolute Gasteiger partial charge is 0.469 e. The second-order valence-electron chi connectivity index (χ2n) is 6.24. The van der Waals surface area contributed by atoms with Gasteiger partial charge < -0.3 is 14.2 Å². The number of nitrogens with zero attached hydrogens (tertiary/aromatic N) is 1. The van der Waals surface area contributed by atoms with E-state index in [2.05, 4.69) is 4.90 Å². The Bertz CT molecular complexity index is 328. The molecule has 2 fully saturated rings. The van der Waals surface area contributed by atoms with E-state index in [1.54, 1.807) is 7.11 Å². The standard InChI is InChI=1S/C16H29NO4/c1-19-12-10-17(9-5-15(18)20-2)14-6-11-21-16(13-14)7-3-4-8-16/h14H,3-13H2,1-2H3. The van der Waals surface area contributed by atoms with Crippen molar-refractivity contribution < 1.29 is 19.0 Å². The van der Waals surface area contributed by atoms with Gasteiger partial charge in [0, 0.05) is 32.8 Å². The normalized spacial score (nSPS) is 24.6. The number of carbonyl (C=O) groups excluding carboxylic acids is 1. The average Bonchev–Trinajstić information content (AvgIpc) is 2.94. The lowest BCUT2D eigenvalue weighted by atomic mass is 9.88. The molecule has 2 aliphatic rings. The fourth-order valence-electron chi connectivity index (χ4n) is 3.70. The van der Waals surface area contributed by atoms with Crippen LogP contribution >= 0.6 is 0 Å². The van der Waals surface area contributed by atoms with Gasteiger partial charge >= 0.3 is 5.97 Å².